The van der Waals surface area contributed by atoms with E-state index in [1.807, 2.05) is 0 Å². The van der Waals surface area contributed by atoms with Gasteiger partial charge in [-0.15, -0.1) is 10.2 Å². The molecule has 0 aliphatic carbocycles. The first kappa shape index (κ1) is 13.9. The van der Waals surface area contributed by atoms with Crippen LogP contribution in [0.1, 0.15) is 19.2 Å². The van der Waals surface area contributed by atoms with Gasteiger partial charge in [0.1, 0.15) is 6.33 Å². The molecule has 0 fully saturated rings. The third-order valence-corrected chi connectivity index (χ3v) is 2.50. The van der Waals surface area contributed by atoms with Crippen LogP contribution < -0.4 is 10.6 Å². The smallest absolute Gasteiger partial charge is 0.315 e. The quantitative estimate of drug-likeness (QED) is 0.648. The summed E-state index contributed by atoms with van der Waals surface area (Å²) in [6, 6.07) is -0.351. The first-order valence-electron chi connectivity index (χ1n) is 5.58. The average molecular weight is 255 g/mol. The number of carboxylic acid groups (broad SMARTS) is 1. The van der Waals surface area contributed by atoms with Crippen molar-refractivity contribution in [1.29, 1.82) is 0 Å². The lowest BCUT2D eigenvalue weighted by Crippen LogP contribution is -2.36. The van der Waals surface area contributed by atoms with Crippen molar-refractivity contribution in [3.63, 3.8) is 0 Å². The van der Waals surface area contributed by atoms with Gasteiger partial charge in [-0.1, -0.05) is 6.92 Å². The van der Waals surface area contributed by atoms with Crippen LogP contribution in [0.5, 0.6) is 0 Å². The molecule has 18 heavy (non-hydrogen) atoms. The summed E-state index contributed by atoms with van der Waals surface area (Å²) in [6.45, 7) is 2.19. The Bertz CT molecular complexity index is 417. The Kier molecular flexibility index (Phi) is 5.09. The van der Waals surface area contributed by atoms with Crippen LogP contribution in [0.15, 0.2) is 6.33 Å². The number of nitrogens with zero attached hydrogens (tertiary/aromatic N) is 3. The summed E-state index contributed by atoms with van der Waals surface area (Å²) in [4.78, 5) is 21.9. The molecule has 1 aromatic rings. The van der Waals surface area contributed by atoms with Crippen LogP contribution in [0, 0.1) is 5.92 Å². The second kappa shape index (κ2) is 6.58. The average Bonchev–Trinajstić information content (AvgIpc) is 2.72. The van der Waals surface area contributed by atoms with E-state index in [-0.39, 0.29) is 12.6 Å². The molecule has 100 valence electrons. The maximum atomic E-state index is 11.4. The zero-order valence-corrected chi connectivity index (χ0v) is 10.4. The van der Waals surface area contributed by atoms with Gasteiger partial charge in [-0.25, -0.2) is 4.79 Å². The highest BCUT2D eigenvalue weighted by Gasteiger charge is 2.10. The van der Waals surface area contributed by atoms with Crippen LogP contribution in [0.3, 0.4) is 0 Å². The molecule has 0 saturated carbocycles. The maximum Gasteiger partial charge on any atom is 0.315 e. The number of hydrogen-bond acceptors (Lipinski definition) is 4. The van der Waals surface area contributed by atoms with Crippen molar-refractivity contribution < 1.29 is 14.7 Å². The number of carboxylic acids is 1. The zero-order chi connectivity index (χ0) is 13.5. The third kappa shape index (κ3) is 4.40. The van der Waals surface area contributed by atoms with Gasteiger partial charge < -0.3 is 20.3 Å². The monoisotopic (exact) mass is 255 g/mol. The molecule has 0 aliphatic rings. The Labute approximate surface area is 104 Å². The van der Waals surface area contributed by atoms with Crippen molar-refractivity contribution in [3.05, 3.63) is 12.2 Å². The lowest BCUT2D eigenvalue weighted by Gasteiger charge is -2.09. The fraction of sp³-hybridized carbons (Fsp3) is 0.600. The largest absolute Gasteiger partial charge is 0.481 e. The van der Waals surface area contributed by atoms with E-state index in [1.165, 1.54) is 0 Å². The van der Waals surface area contributed by atoms with Crippen molar-refractivity contribution in [1.82, 2.24) is 25.4 Å². The van der Waals surface area contributed by atoms with Gasteiger partial charge in [0, 0.05) is 13.6 Å². The lowest BCUT2D eigenvalue weighted by atomic mass is 10.1. The Morgan fingerprint density at radius 3 is 2.78 bits per heavy atom. The fourth-order valence-corrected chi connectivity index (χ4v) is 1.21. The summed E-state index contributed by atoms with van der Waals surface area (Å²) in [5.41, 5.74) is 0. The second-order valence-electron chi connectivity index (χ2n) is 4.00. The van der Waals surface area contributed by atoms with E-state index in [2.05, 4.69) is 20.8 Å². The van der Waals surface area contributed by atoms with Gasteiger partial charge in [-0.05, 0) is 6.42 Å². The minimum absolute atomic E-state index is 0.275. The highest BCUT2D eigenvalue weighted by atomic mass is 16.4. The van der Waals surface area contributed by atoms with Gasteiger partial charge in [0.25, 0.3) is 0 Å². The summed E-state index contributed by atoms with van der Waals surface area (Å²) in [6.07, 6.45) is 1.94. The second-order valence-corrected chi connectivity index (χ2v) is 4.00. The van der Waals surface area contributed by atoms with Gasteiger partial charge in [-0.3, -0.25) is 4.79 Å². The van der Waals surface area contributed by atoms with Crippen LogP contribution in [0.4, 0.5) is 4.79 Å². The van der Waals surface area contributed by atoms with Crippen LogP contribution in [0.2, 0.25) is 0 Å². The van der Waals surface area contributed by atoms with E-state index >= 15 is 0 Å². The van der Waals surface area contributed by atoms with Crippen LogP contribution in [-0.2, 0) is 18.4 Å². The fourth-order valence-electron chi connectivity index (χ4n) is 1.21. The van der Waals surface area contributed by atoms with Gasteiger partial charge >= 0.3 is 12.0 Å². The number of rotatable bonds is 6. The van der Waals surface area contributed by atoms with E-state index in [0.717, 1.165) is 0 Å². The molecule has 0 bridgehead atoms. The Morgan fingerprint density at radius 2 is 2.22 bits per heavy atom. The number of carbonyl (C=O) groups excluding carboxylic acids is 1. The number of amides is 2. The number of aliphatic carboxylic acids is 1. The number of nitrogens with one attached hydrogen (secondary N) is 2. The van der Waals surface area contributed by atoms with E-state index in [4.69, 9.17) is 5.11 Å². The predicted molar refractivity (Wildman–Crippen MR) is 62.7 cm³/mol. The van der Waals surface area contributed by atoms with Crippen molar-refractivity contribution in [3.8, 4) is 0 Å². The van der Waals surface area contributed by atoms with Gasteiger partial charge in [-0.2, -0.15) is 0 Å². The molecule has 1 rings (SSSR count). The molecule has 0 aliphatic heterocycles. The number of urea groups is 1. The Balaban J connectivity index is 2.19. The highest BCUT2D eigenvalue weighted by Crippen LogP contribution is 1.99. The molecule has 0 radical (unpaired) electrons. The minimum Gasteiger partial charge on any atom is -0.481 e. The Morgan fingerprint density at radius 1 is 1.50 bits per heavy atom. The van der Waals surface area contributed by atoms with Gasteiger partial charge in [0.15, 0.2) is 5.82 Å². The molecule has 1 heterocycles. The van der Waals surface area contributed by atoms with E-state index in [9.17, 15) is 9.59 Å². The molecule has 1 aromatic heterocycles. The Hall–Kier alpha value is -2.12. The summed E-state index contributed by atoms with van der Waals surface area (Å²) in [7, 11) is 1.78. The molecule has 1 atom stereocenters. The van der Waals surface area contributed by atoms with Crippen molar-refractivity contribution >= 4 is 12.0 Å². The molecule has 2 amide bonds. The van der Waals surface area contributed by atoms with Crippen LogP contribution in [-0.4, -0.2) is 38.4 Å². The molecule has 0 saturated heterocycles. The summed E-state index contributed by atoms with van der Waals surface area (Å²) in [5.74, 6) is -0.690. The van der Waals surface area contributed by atoms with E-state index < -0.39 is 11.9 Å². The molecule has 8 nitrogen and oxygen atoms in total. The molecule has 8 heteroatoms. The normalized spacial score (nSPS) is 11.9. The topological polar surface area (TPSA) is 109 Å². The standard InChI is InChI=1S/C10H17N5O3/c1-7(9(16)17)3-4-11-10(18)12-5-8-14-13-6-15(8)2/h6-7H,3-5H2,1-2H3,(H,16,17)(H2,11,12,18). The first-order valence-corrected chi connectivity index (χ1v) is 5.58. The predicted octanol–water partition coefficient (Wildman–Crippen LogP) is -0.275. The molecular weight excluding hydrogens is 238 g/mol. The van der Waals surface area contributed by atoms with Crippen molar-refractivity contribution in [2.24, 2.45) is 13.0 Å². The van der Waals surface area contributed by atoms with E-state index in [1.54, 1.807) is 24.9 Å². The van der Waals surface area contributed by atoms with Gasteiger partial charge in [0.2, 0.25) is 0 Å². The molecular formula is C10H17N5O3. The van der Waals surface area contributed by atoms with Crippen LogP contribution >= 0.6 is 0 Å². The van der Waals surface area contributed by atoms with Crippen molar-refractivity contribution in [2.75, 3.05) is 6.54 Å². The summed E-state index contributed by atoms with van der Waals surface area (Å²) >= 11 is 0. The summed E-state index contributed by atoms with van der Waals surface area (Å²) in [5, 5.41) is 21.3. The summed E-state index contributed by atoms with van der Waals surface area (Å²) < 4.78 is 1.70. The number of hydrogen-bond donors (Lipinski definition) is 3. The SMILES string of the molecule is CC(CCNC(=O)NCc1nncn1C)C(=O)O. The lowest BCUT2D eigenvalue weighted by molar-refractivity contribution is -0.141. The third-order valence-electron chi connectivity index (χ3n) is 2.50. The van der Waals surface area contributed by atoms with Crippen LogP contribution in [0.25, 0.3) is 0 Å². The molecule has 3 N–H and O–H groups in total. The molecule has 0 aromatic carbocycles. The number of aromatic nitrogens is 3. The number of carbonyl (C=O) groups is 2. The van der Waals surface area contributed by atoms with Gasteiger partial charge in [0.05, 0.1) is 12.5 Å². The first-order chi connectivity index (χ1) is 8.50. The highest BCUT2D eigenvalue weighted by molar-refractivity contribution is 5.74. The maximum absolute atomic E-state index is 11.4. The minimum atomic E-state index is -0.865. The molecule has 1 unspecified atom stereocenters. The number of aryl methyl sites for hydroxylation is 1. The van der Waals surface area contributed by atoms with E-state index in [0.29, 0.717) is 18.8 Å². The zero-order valence-electron chi connectivity index (χ0n) is 10.4. The molecule has 0 spiro atoms. The van der Waals surface area contributed by atoms with Crippen molar-refractivity contribution in [2.45, 2.75) is 19.9 Å².